The van der Waals surface area contributed by atoms with E-state index in [4.69, 9.17) is 4.74 Å². The minimum absolute atomic E-state index is 0.00263. The molecule has 170 valence electrons. The third-order valence-electron chi connectivity index (χ3n) is 8.20. The number of methoxy groups -OCH3 is 1. The zero-order valence-corrected chi connectivity index (χ0v) is 19.1. The second-order valence-corrected chi connectivity index (χ2v) is 9.47. The van der Waals surface area contributed by atoms with Gasteiger partial charge in [-0.1, -0.05) is 19.1 Å². The Hall–Kier alpha value is -2.28. The molecule has 3 fully saturated rings. The number of urea groups is 1. The number of hydrogen-bond donors (Lipinski definition) is 2. The van der Waals surface area contributed by atoms with E-state index in [2.05, 4.69) is 22.5 Å². The van der Waals surface area contributed by atoms with Crippen LogP contribution in [0.3, 0.4) is 0 Å². The fourth-order valence-electron chi connectivity index (χ4n) is 6.31. The van der Waals surface area contributed by atoms with E-state index in [9.17, 15) is 9.59 Å². The topological polar surface area (TPSA) is 73.9 Å². The Morgan fingerprint density at radius 1 is 1.13 bits per heavy atom. The second-order valence-electron chi connectivity index (χ2n) is 9.47. The number of ether oxygens (including phenoxy) is 1. The molecule has 2 aliphatic heterocycles. The first-order chi connectivity index (χ1) is 15.0. The van der Waals surface area contributed by atoms with E-state index in [1.165, 1.54) is 0 Å². The van der Waals surface area contributed by atoms with Crippen molar-refractivity contribution in [3.8, 4) is 5.75 Å². The van der Waals surface area contributed by atoms with Gasteiger partial charge >= 0.3 is 6.03 Å². The van der Waals surface area contributed by atoms with Gasteiger partial charge in [-0.25, -0.2) is 4.79 Å². The number of nitrogens with one attached hydrogen (secondary N) is 2. The molecule has 2 N–H and O–H groups in total. The molecule has 3 aliphatic rings. The number of hydrogen-bond acceptors (Lipinski definition) is 4. The van der Waals surface area contributed by atoms with Crippen LogP contribution in [0.4, 0.5) is 4.79 Å². The van der Waals surface area contributed by atoms with Crippen LogP contribution in [0.15, 0.2) is 24.3 Å². The number of piperidine rings is 1. The number of carbonyl (C=O) groups is 2. The zero-order chi connectivity index (χ0) is 22.1. The van der Waals surface area contributed by atoms with E-state index < -0.39 is 0 Å². The average Bonchev–Trinajstić information content (AvgIpc) is 3.34. The highest BCUT2D eigenvalue weighted by Crippen LogP contribution is 2.62. The highest BCUT2D eigenvalue weighted by molar-refractivity contribution is 5.84. The second kappa shape index (κ2) is 8.69. The summed E-state index contributed by atoms with van der Waals surface area (Å²) in [6.45, 7) is 7.10. The van der Waals surface area contributed by atoms with E-state index in [1.807, 2.05) is 29.2 Å². The van der Waals surface area contributed by atoms with Crippen LogP contribution in [0.25, 0.3) is 0 Å². The van der Waals surface area contributed by atoms with Crippen LogP contribution in [-0.2, 0) is 11.3 Å². The van der Waals surface area contributed by atoms with Gasteiger partial charge in [0.2, 0.25) is 5.91 Å². The smallest absolute Gasteiger partial charge is 0.317 e. The van der Waals surface area contributed by atoms with Crippen molar-refractivity contribution in [2.24, 2.45) is 16.7 Å². The number of nitrogens with zero attached hydrogens (tertiary/aromatic N) is 2. The lowest BCUT2D eigenvalue weighted by Crippen LogP contribution is -2.51. The summed E-state index contributed by atoms with van der Waals surface area (Å²) in [5.74, 6) is 1.42. The van der Waals surface area contributed by atoms with Crippen molar-refractivity contribution in [1.29, 1.82) is 0 Å². The minimum atomic E-state index is -0.246. The Labute approximate surface area is 185 Å². The first kappa shape index (κ1) is 21.9. The summed E-state index contributed by atoms with van der Waals surface area (Å²) in [4.78, 5) is 30.1. The molecule has 31 heavy (non-hydrogen) atoms. The number of rotatable bonds is 5. The third kappa shape index (κ3) is 3.88. The summed E-state index contributed by atoms with van der Waals surface area (Å²) in [5.41, 5.74) is 0.992. The molecule has 4 rings (SSSR count). The molecule has 2 heterocycles. The van der Waals surface area contributed by atoms with Crippen LogP contribution in [-0.4, -0.2) is 68.6 Å². The summed E-state index contributed by atoms with van der Waals surface area (Å²) in [7, 11) is 3.41. The van der Waals surface area contributed by atoms with Gasteiger partial charge in [0.25, 0.3) is 0 Å². The maximum Gasteiger partial charge on any atom is 0.317 e. The van der Waals surface area contributed by atoms with Gasteiger partial charge in [0.1, 0.15) is 5.75 Å². The summed E-state index contributed by atoms with van der Waals surface area (Å²) >= 11 is 0. The largest absolute Gasteiger partial charge is 0.497 e. The quantitative estimate of drug-likeness (QED) is 0.756. The molecule has 3 amide bonds. The zero-order valence-electron chi connectivity index (χ0n) is 19.1. The normalized spacial score (nSPS) is 27.2. The Morgan fingerprint density at radius 3 is 2.45 bits per heavy atom. The summed E-state index contributed by atoms with van der Waals surface area (Å²) < 4.78 is 5.18. The molecule has 0 unspecified atom stereocenters. The monoisotopic (exact) mass is 428 g/mol. The molecule has 0 aromatic heterocycles. The van der Waals surface area contributed by atoms with Crippen molar-refractivity contribution in [1.82, 2.24) is 20.4 Å². The van der Waals surface area contributed by atoms with Crippen LogP contribution in [0.2, 0.25) is 0 Å². The fourth-order valence-corrected chi connectivity index (χ4v) is 6.31. The molecular formula is C24H36N4O3. The molecular weight excluding hydrogens is 392 g/mol. The van der Waals surface area contributed by atoms with E-state index in [-0.39, 0.29) is 22.8 Å². The number of fused-ring (bicyclic) bond motifs is 2. The summed E-state index contributed by atoms with van der Waals surface area (Å²) in [5, 5.41) is 6.01. The van der Waals surface area contributed by atoms with Crippen molar-refractivity contribution in [3.05, 3.63) is 29.8 Å². The van der Waals surface area contributed by atoms with Crippen LogP contribution < -0.4 is 15.4 Å². The molecule has 7 nitrogen and oxygen atoms in total. The van der Waals surface area contributed by atoms with Crippen molar-refractivity contribution in [3.63, 3.8) is 0 Å². The van der Waals surface area contributed by atoms with Gasteiger partial charge < -0.3 is 25.2 Å². The van der Waals surface area contributed by atoms with Gasteiger partial charge in [-0.05, 0) is 61.3 Å². The van der Waals surface area contributed by atoms with Crippen LogP contribution >= 0.6 is 0 Å². The highest BCUT2D eigenvalue weighted by Gasteiger charge is 2.63. The van der Waals surface area contributed by atoms with Crippen molar-refractivity contribution >= 4 is 11.9 Å². The molecule has 7 heteroatoms. The Bertz CT molecular complexity index is 804. The van der Waals surface area contributed by atoms with Gasteiger partial charge in [-0.15, -0.1) is 0 Å². The number of amides is 3. The molecule has 0 bridgehead atoms. The maximum absolute atomic E-state index is 12.9. The Balaban J connectivity index is 1.36. The van der Waals surface area contributed by atoms with Gasteiger partial charge in [0.15, 0.2) is 0 Å². The van der Waals surface area contributed by atoms with E-state index in [0.29, 0.717) is 12.5 Å². The fraction of sp³-hybridized carbons (Fsp3) is 0.667. The predicted molar refractivity (Wildman–Crippen MR) is 120 cm³/mol. The number of carbonyl (C=O) groups excluding carboxylic acids is 2. The Morgan fingerprint density at radius 2 is 1.84 bits per heavy atom. The van der Waals surface area contributed by atoms with E-state index >= 15 is 0 Å². The van der Waals surface area contributed by atoms with Crippen molar-refractivity contribution in [2.75, 3.05) is 46.9 Å². The Kier molecular flexibility index (Phi) is 6.15. The molecule has 1 spiro atoms. The predicted octanol–water partition coefficient (Wildman–Crippen LogP) is 2.46. The lowest BCUT2D eigenvalue weighted by atomic mass is 9.65. The van der Waals surface area contributed by atoms with E-state index in [0.717, 1.165) is 69.7 Å². The molecule has 2 atom stereocenters. The van der Waals surface area contributed by atoms with E-state index in [1.54, 1.807) is 14.2 Å². The molecule has 0 radical (unpaired) electrons. The average molecular weight is 429 g/mol. The lowest BCUT2D eigenvalue weighted by molar-refractivity contribution is -0.132. The van der Waals surface area contributed by atoms with Gasteiger partial charge in [-0.2, -0.15) is 0 Å². The van der Waals surface area contributed by atoms with Crippen molar-refractivity contribution in [2.45, 2.75) is 39.2 Å². The number of likely N-dealkylation sites (tertiary alicyclic amines) is 2. The van der Waals surface area contributed by atoms with Gasteiger partial charge in [0.05, 0.1) is 12.5 Å². The molecule has 2 saturated heterocycles. The molecule has 1 aromatic carbocycles. The first-order valence-electron chi connectivity index (χ1n) is 11.6. The SMILES string of the molecule is CCN1C[C@H]2C3(CCN(C(=O)NCc4ccc(OC)cc4)CC3)CC[C@@]2(C(=O)NC)C1. The maximum atomic E-state index is 12.9. The minimum Gasteiger partial charge on any atom is -0.497 e. The van der Waals surface area contributed by atoms with Gasteiger partial charge in [-0.3, -0.25) is 4.79 Å². The number of benzene rings is 1. The summed E-state index contributed by atoms with van der Waals surface area (Å²) in [6, 6.07) is 7.77. The van der Waals surface area contributed by atoms with Gasteiger partial charge in [0, 0.05) is 39.8 Å². The van der Waals surface area contributed by atoms with Crippen LogP contribution in [0, 0.1) is 16.7 Å². The standard InChI is InChI=1S/C24H36N4O3/c1-4-27-16-20-23(9-10-24(20,17-27)21(29)25-2)11-13-28(14-12-23)22(30)26-15-18-5-7-19(31-3)8-6-18/h5-8,20H,4,9-17H2,1-3H3,(H,25,29)(H,26,30)/t20-,24+/m0/s1. The lowest BCUT2D eigenvalue weighted by Gasteiger charge is -2.44. The molecule has 1 aromatic rings. The van der Waals surface area contributed by atoms with Crippen LogP contribution in [0.1, 0.15) is 38.2 Å². The molecule has 1 aliphatic carbocycles. The molecule has 1 saturated carbocycles. The highest BCUT2D eigenvalue weighted by atomic mass is 16.5. The third-order valence-corrected chi connectivity index (χ3v) is 8.20. The first-order valence-corrected chi connectivity index (χ1v) is 11.6. The van der Waals surface area contributed by atoms with Crippen LogP contribution in [0.5, 0.6) is 5.75 Å². The van der Waals surface area contributed by atoms with Crippen molar-refractivity contribution < 1.29 is 14.3 Å². The summed E-state index contributed by atoms with van der Waals surface area (Å²) in [6.07, 6.45) is 4.05.